The number of hydrogen-bond acceptors (Lipinski definition) is 6. The highest BCUT2D eigenvalue weighted by Gasteiger charge is 2.28. The van der Waals surface area contributed by atoms with Gasteiger partial charge in [0.25, 0.3) is 0 Å². The van der Waals surface area contributed by atoms with Crippen LogP contribution in [-0.4, -0.2) is 36.0 Å². The fourth-order valence-electron chi connectivity index (χ4n) is 2.48. The van der Waals surface area contributed by atoms with Gasteiger partial charge in [-0.05, 0) is 42.8 Å². The van der Waals surface area contributed by atoms with Crippen LogP contribution in [0, 0.1) is 0 Å². The first-order valence-corrected chi connectivity index (χ1v) is 8.05. The van der Waals surface area contributed by atoms with Gasteiger partial charge >= 0.3 is 11.9 Å². The third kappa shape index (κ3) is 3.82. The van der Waals surface area contributed by atoms with Gasteiger partial charge in [-0.2, -0.15) is 0 Å². The van der Waals surface area contributed by atoms with Gasteiger partial charge < -0.3 is 19.3 Å². The van der Waals surface area contributed by atoms with Gasteiger partial charge in [-0.1, -0.05) is 12.1 Å². The minimum atomic E-state index is -1.09. The molecule has 3 rings (SSSR count). The van der Waals surface area contributed by atoms with Crippen LogP contribution >= 0.6 is 0 Å². The van der Waals surface area contributed by atoms with Crippen molar-refractivity contribution in [2.24, 2.45) is 0 Å². The van der Waals surface area contributed by atoms with E-state index in [1.807, 2.05) is 0 Å². The SMILES string of the molecule is COC(=O)c1ccc(C=C2Oc3cc(OC(C)C(=O)O)ccc3C2=O)cc1. The third-order valence-corrected chi connectivity index (χ3v) is 3.93. The number of ether oxygens (including phenoxy) is 3. The normalized spacial score (nSPS) is 15.0. The molecule has 0 radical (unpaired) electrons. The Hall–Kier alpha value is -3.61. The number of allylic oxidation sites excluding steroid dienone is 1. The van der Waals surface area contributed by atoms with E-state index in [-0.39, 0.29) is 11.5 Å². The molecule has 0 bridgehead atoms. The fourth-order valence-corrected chi connectivity index (χ4v) is 2.48. The van der Waals surface area contributed by atoms with Crippen LogP contribution in [0.2, 0.25) is 0 Å². The number of fused-ring (bicyclic) bond motifs is 1. The molecule has 0 saturated carbocycles. The third-order valence-electron chi connectivity index (χ3n) is 3.93. The molecular formula is C20H16O7. The molecule has 2 aromatic carbocycles. The van der Waals surface area contributed by atoms with Crippen molar-refractivity contribution in [3.63, 3.8) is 0 Å². The molecule has 0 amide bonds. The first kappa shape index (κ1) is 18.2. The van der Waals surface area contributed by atoms with E-state index in [1.165, 1.54) is 32.2 Å². The molecular weight excluding hydrogens is 352 g/mol. The number of ketones is 1. The molecule has 27 heavy (non-hydrogen) atoms. The van der Waals surface area contributed by atoms with Gasteiger partial charge in [-0.15, -0.1) is 0 Å². The van der Waals surface area contributed by atoms with E-state index in [2.05, 4.69) is 4.74 Å². The first-order chi connectivity index (χ1) is 12.9. The van der Waals surface area contributed by atoms with Gasteiger partial charge in [0.2, 0.25) is 5.78 Å². The smallest absolute Gasteiger partial charge is 0.344 e. The van der Waals surface area contributed by atoms with Crippen LogP contribution in [0.1, 0.15) is 33.2 Å². The van der Waals surface area contributed by atoms with Crippen molar-refractivity contribution in [1.29, 1.82) is 0 Å². The zero-order valence-corrected chi connectivity index (χ0v) is 14.6. The van der Waals surface area contributed by atoms with E-state index < -0.39 is 18.0 Å². The maximum absolute atomic E-state index is 12.5. The Kier molecular flexibility index (Phi) is 4.94. The summed E-state index contributed by atoms with van der Waals surface area (Å²) < 4.78 is 15.5. The van der Waals surface area contributed by atoms with Crippen LogP contribution < -0.4 is 9.47 Å². The van der Waals surface area contributed by atoms with E-state index in [0.717, 1.165) is 0 Å². The van der Waals surface area contributed by atoms with Crippen molar-refractivity contribution in [1.82, 2.24) is 0 Å². The highest BCUT2D eigenvalue weighted by molar-refractivity contribution is 6.14. The quantitative estimate of drug-likeness (QED) is 0.640. The molecule has 7 heteroatoms. The Morgan fingerprint density at radius 1 is 1.15 bits per heavy atom. The molecule has 1 N–H and O–H groups in total. The molecule has 1 aliphatic rings. The summed E-state index contributed by atoms with van der Waals surface area (Å²) in [7, 11) is 1.30. The van der Waals surface area contributed by atoms with Gasteiger partial charge in [0.1, 0.15) is 11.5 Å². The average Bonchev–Trinajstić information content (AvgIpc) is 2.96. The summed E-state index contributed by atoms with van der Waals surface area (Å²) in [5, 5.41) is 8.91. The molecule has 1 heterocycles. The molecule has 1 aliphatic heterocycles. The maximum atomic E-state index is 12.5. The number of hydrogen-bond donors (Lipinski definition) is 1. The molecule has 0 fully saturated rings. The number of Topliss-reactive ketones (excluding diaryl/α,β-unsaturated/α-hetero) is 1. The highest BCUT2D eigenvalue weighted by atomic mass is 16.5. The van der Waals surface area contributed by atoms with E-state index in [4.69, 9.17) is 14.6 Å². The molecule has 7 nitrogen and oxygen atoms in total. The number of aliphatic carboxylic acids is 1. The summed E-state index contributed by atoms with van der Waals surface area (Å²) >= 11 is 0. The number of methoxy groups -OCH3 is 1. The summed E-state index contributed by atoms with van der Waals surface area (Å²) in [6.07, 6.45) is 0.535. The lowest BCUT2D eigenvalue weighted by Crippen LogP contribution is -2.22. The molecule has 2 aromatic rings. The van der Waals surface area contributed by atoms with Gasteiger partial charge in [0.05, 0.1) is 18.2 Å². The number of benzene rings is 2. The average molecular weight is 368 g/mol. The number of carboxylic acids is 1. The summed E-state index contributed by atoms with van der Waals surface area (Å²) in [6.45, 7) is 1.41. The van der Waals surface area contributed by atoms with Crippen LogP contribution in [0.15, 0.2) is 48.2 Å². The molecule has 1 unspecified atom stereocenters. The number of carboxylic acid groups (broad SMARTS) is 1. The summed E-state index contributed by atoms with van der Waals surface area (Å²) in [5.74, 6) is -1.12. The number of carbonyl (C=O) groups is 3. The van der Waals surface area contributed by atoms with Crippen LogP contribution in [0.4, 0.5) is 0 Å². The molecule has 0 aromatic heterocycles. The second kappa shape index (κ2) is 7.33. The molecule has 1 atom stereocenters. The lowest BCUT2D eigenvalue weighted by molar-refractivity contribution is -0.144. The Balaban J connectivity index is 1.80. The highest BCUT2D eigenvalue weighted by Crippen LogP contribution is 2.35. The van der Waals surface area contributed by atoms with Crippen molar-refractivity contribution in [2.45, 2.75) is 13.0 Å². The zero-order chi connectivity index (χ0) is 19.6. The van der Waals surface area contributed by atoms with Gasteiger partial charge in [0, 0.05) is 6.07 Å². The minimum absolute atomic E-state index is 0.124. The summed E-state index contributed by atoms with van der Waals surface area (Å²) in [4.78, 5) is 34.8. The standard InChI is InChI=1S/C20H16O7/c1-11(19(22)23)26-14-7-8-15-16(10-14)27-17(18(15)21)9-12-3-5-13(6-4-12)20(24)25-2/h3-11H,1-2H3,(H,22,23). The van der Waals surface area contributed by atoms with Crippen molar-refractivity contribution >= 4 is 23.8 Å². The Morgan fingerprint density at radius 2 is 1.85 bits per heavy atom. The Labute approximate surface area is 154 Å². The Bertz CT molecular complexity index is 941. The van der Waals surface area contributed by atoms with Crippen LogP contribution in [0.5, 0.6) is 11.5 Å². The maximum Gasteiger partial charge on any atom is 0.344 e. The second-order valence-electron chi connectivity index (χ2n) is 5.81. The van der Waals surface area contributed by atoms with Crippen LogP contribution in [-0.2, 0) is 9.53 Å². The van der Waals surface area contributed by atoms with E-state index >= 15 is 0 Å². The summed E-state index contributed by atoms with van der Waals surface area (Å²) in [6, 6.07) is 11.0. The minimum Gasteiger partial charge on any atom is -0.479 e. The van der Waals surface area contributed by atoms with Gasteiger partial charge in [-0.25, -0.2) is 9.59 Å². The number of rotatable bonds is 5. The van der Waals surface area contributed by atoms with Crippen molar-refractivity contribution in [3.8, 4) is 11.5 Å². The second-order valence-corrected chi connectivity index (χ2v) is 5.81. The molecule has 138 valence electrons. The largest absolute Gasteiger partial charge is 0.479 e. The van der Waals surface area contributed by atoms with E-state index in [1.54, 1.807) is 30.3 Å². The number of carbonyl (C=O) groups excluding carboxylic acids is 2. The lowest BCUT2D eigenvalue weighted by Gasteiger charge is -2.10. The summed E-state index contributed by atoms with van der Waals surface area (Å²) in [5.41, 5.74) is 1.44. The van der Waals surface area contributed by atoms with Crippen molar-refractivity contribution in [2.75, 3.05) is 7.11 Å². The fraction of sp³-hybridized carbons (Fsp3) is 0.150. The van der Waals surface area contributed by atoms with Gasteiger partial charge in [0.15, 0.2) is 11.9 Å². The van der Waals surface area contributed by atoms with E-state index in [9.17, 15) is 14.4 Å². The Morgan fingerprint density at radius 3 is 2.48 bits per heavy atom. The van der Waals surface area contributed by atoms with Crippen LogP contribution in [0.25, 0.3) is 6.08 Å². The molecule has 0 spiro atoms. The molecule has 0 aliphatic carbocycles. The zero-order valence-electron chi connectivity index (χ0n) is 14.6. The van der Waals surface area contributed by atoms with Crippen LogP contribution in [0.3, 0.4) is 0 Å². The lowest BCUT2D eigenvalue weighted by atomic mass is 10.1. The van der Waals surface area contributed by atoms with Crippen molar-refractivity contribution in [3.05, 3.63) is 64.9 Å². The topological polar surface area (TPSA) is 99.1 Å². The van der Waals surface area contributed by atoms with E-state index in [0.29, 0.717) is 28.2 Å². The van der Waals surface area contributed by atoms with Crippen molar-refractivity contribution < 1.29 is 33.7 Å². The predicted molar refractivity (Wildman–Crippen MR) is 94.9 cm³/mol. The predicted octanol–water partition coefficient (Wildman–Crippen LogP) is 2.94. The van der Waals surface area contributed by atoms with Gasteiger partial charge in [-0.3, -0.25) is 4.79 Å². The molecule has 0 saturated heterocycles. The first-order valence-electron chi connectivity index (χ1n) is 8.05. The number of esters is 1. The monoisotopic (exact) mass is 368 g/mol.